The maximum absolute atomic E-state index is 11.7. The number of ether oxygens (including phenoxy) is 2. The number of hydrogen-bond acceptors (Lipinski definition) is 4. The summed E-state index contributed by atoms with van der Waals surface area (Å²) >= 11 is 0. The number of aryl methyl sites for hydroxylation is 2. The second-order valence-electron chi connectivity index (χ2n) is 5.18. The topological polar surface area (TPSA) is 59.9 Å². The van der Waals surface area contributed by atoms with E-state index in [0.717, 1.165) is 22.4 Å². The van der Waals surface area contributed by atoms with Crippen molar-refractivity contribution in [3.05, 3.63) is 59.2 Å². The molecule has 0 aliphatic heterocycles. The predicted octanol–water partition coefficient (Wildman–Crippen LogP) is 2.84. The van der Waals surface area contributed by atoms with Crippen molar-refractivity contribution in [1.82, 2.24) is 5.43 Å². The maximum Gasteiger partial charge on any atom is 0.277 e. The minimum Gasteiger partial charge on any atom is -0.497 e. The van der Waals surface area contributed by atoms with E-state index in [1.54, 1.807) is 13.3 Å². The largest absolute Gasteiger partial charge is 0.497 e. The highest BCUT2D eigenvalue weighted by molar-refractivity contribution is 5.83. The molecule has 0 spiro atoms. The zero-order valence-corrected chi connectivity index (χ0v) is 13.5. The second kappa shape index (κ2) is 7.98. The summed E-state index contributed by atoms with van der Waals surface area (Å²) in [6.45, 7) is 3.89. The molecule has 0 aliphatic rings. The van der Waals surface area contributed by atoms with Crippen molar-refractivity contribution in [3.8, 4) is 11.5 Å². The van der Waals surface area contributed by atoms with Crippen molar-refractivity contribution in [2.75, 3.05) is 13.7 Å². The van der Waals surface area contributed by atoms with Gasteiger partial charge < -0.3 is 9.47 Å². The van der Waals surface area contributed by atoms with E-state index in [0.29, 0.717) is 5.75 Å². The van der Waals surface area contributed by atoms with Gasteiger partial charge in [0.1, 0.15) is 11.5 Å². The number of methoxy groups -OCH3 is 1. The van der Waals surface area contributed by atoms with Crippen molar-refractivity contribution in [1.29, 1.82) is 0 Å². The van der Waals surface area contributed by atoms with Crippen LogP contribution in [0.25, 0.3) is 0 Å². The Kier molecular flexibility index (Phi) is 5.74. The molecule has 1 amide bonds. The molecule has 1 N–H and O–H groups in total. The summed E-state index contributed by atoms with van der Waals surface area (Å²) in [6, 6.07) is 13.2. The van der Waals surface area contributed by atoms with Gasteiger partial charge in [0.05, 0.1) is 13.3 Å². The van der Waals surface area contributed by atoms with Gasteiger partial charge in [-0.3, -0.25) is 4.79 Å². The molecule has 2 aromatic rings. The third-order valence-electron chi connectivity index (χ3n) is 3.08. The molecule has 0 bridgehead atoms. The molecular formula is C18H20N2O3. The highest BCUT2D eigenvalue weighted by Gasteiger charge is 2.02. The molecule has 2 aromatic carbocycles. The van der Waals surface area contributed by atoms with Gasteiger partial charge in [-0.2, -0.15) is 5.10 Å². The standard InChI is InChI=1S/C18H20N2O3/c1-13-8-14(2)10-17(9-13)23-12-18(21)20-19-11-15-4-6-16(22-3)7-5-15/h4-11H,12H2,1-3H3,(H,20,21)/b19-11-. The molecule has 5 nitrogen and oxygen atoms in total. The van der Waals surface area contributed by atoms with Crippen molar-refractivity contribution in [2.45, 2.75) is 13.8 Å². The van der Waals surface area contributed by atoms with Gasteiger partial charge in [-0.15, -0.1) is 0 Å². The minimum atomic E-state index is -0.311. The number of rotatable bonds is 6. The molecule has 0 atom stereocenters. The Bertz CT molecular complexity index is 674. The van der Waals surface area contributed by atoms with Crippen molar-refractivity contribution >= 4 is 12.1 Å². The zero-order chi connectivity index (χ0) is 16.7. The lowest BCUT2D eigenvalue weighted by Crippen LogP contribution is -2.24. The zero-order valence-electron chi connectivity index (χ0n) is 13.5. The van der Waals surface area contributed by atoms with E-state index in [1.165, 1.54) is 0 Å². The molecule has 0 saturated carbocycles. The fourth-order valence-electron chi connectivity index (χ4n) is 2.07. The third-order valence-corrected chi connectivity index (χ3v) is 3.08. The van der Waals surface area contributed by atoms with Crippen molar-refractivity contribution in [2.24, 2.45) is 5.10 Å². The van der Waals surface area contributed by atoms with E-state index in [-0.39, 0.29) is 12.5 Å². The van der Waals surface area contributed by atoms with Crippen LogP contribution < -0.4 is 14.9 Å². The van der Waals surface area contributed by atoms with Gasteiger partial charge >= 0.3 is 0 Å². The molecule has 0 heterocycles. The first-order chi connectivity index (χ1) is 11.1. The molecule has 120 valence electrons. The van der Waals surface area contributed by atoms with E-state index < -0.39 is 0 Å². The van der Waals surface area contributed by atoms with Gasteiger partial charge in [0, 0.05) is 0 Å². The molecule has 2 rings (SSSR count). The lowest BCUT2D eigenvalue weighted by molar-refractivity contribution is -0.123. The Balaban J connectivity index is 1.81. The molecule has 0 radical (unpaired) electrons. The average molecular weight is 312 g/mol. The van der Waals surface area contributed by atoms with Crippen molar-refractivity contribution < 1.29 is 14.3 Å². The number of nitrogens with one attached hydrogen (secondary N) is 1. The maximum atomic E-state index is 11.7. The lowest BCUT2D eigenvalue weighted by atomic mass is 10.1. The summed E-state index contributed by atoms with van der Waals surface area (Å²) in [6.07, 6.45) is 1.56. The number of nitrogens with zero attached hydrogens (tertiary/aromatic N) is 1. The third kappa shape index (κ3) is 5.47. The summed E-state index contributed by atoms with van der Waals surface area (Å²) in [4.78, 5) is 11.7. The predicted molar refractivity (Wildman–Crippen MR) is 90.1 cm³/mol. The Labute approximate surface area is 135 Å². The first kappa shape index (κ1) is 16.5. The van der Waals surface area contributed by atoms with Crippen LogP contribution in [0.1, 0.15) is 16.7 Å². The highest BCUT2D eigenvalue weighted by atomic mass is 16.5. The van der Waals surface area contributed by atoms with Gasteiger partial charge in [-0.05, 0) is 66.9 Å². The fraction of sp³-hybridized carbons (Fsp3) is 0.222. The number of amides is 1. The van der Waals surface area contributed by atoms with E-state index in [2.05, 4.69) is 10.5 Å². The molecule has 5 heteroatoms. The van der Waals surface area contributed by atoms with Crippen LogP contribution in [0.3, 0.4) is 0 Å². The summed E-state index contributed by atoms with van der Waals surface area (Å²) in [5, 5.41) is 3.90. The first-order valence-electron chi connectivity index (χ1n) is 7.24. The normalized spacial score (nSPS) is 10.6. The smallest absolute Gasteiger partial charge is 0.277 e. The summed E-state index contributed by atoms with van der Waals surface area (Å²) in [7, 11) is 1.61. The van der Waals surface area contributed by atoms with Crippen LogP contribution in [0.15, 0.2) is 47.6 Å². The summed E-state index contributed by atoms with van der Waals surface area (Å²) < 4.78 is 10.5. The molecule has 0 fully saturated rings. The highest BCUT2D eigenvalue weighted by Crippen LogP contribution is 2.15. The minimum absolute atomic E-state index is 0.0805. The van der Waals surface area contributed by atoms with Crippen LogP contribution in [0, 0.1) is 13.8 Å². The van der Waals surface area contributed by atoms with Gasteiger partial charge in [-0.25, -0.2) is 5.43 Å². The Morgan fingerprint density at radius 3 is 2.35 bits per heavy atom. The monoisotopic (exact) mass is 312 g/mol. The van der Waals surface area contributed by atoms with Crippen LogP contribution in [0.2, 0.25) is 0 Å². The number of carbonyl (C=O) groups excluding carboxylic acids is 1. The number of hydrogen-bond donors (Lipinski definition) is 1. The quantitative estimate of drug-likeness (QED) is 0.659. The van der Waals surface area contributed by atoms with Crippen LogP contribution >= 0.6 is 0 Å². The molecular weight excluding hydrogens is 292 g/mol. The summed E-state index contributed by atoms with van der Waals surface area (Å²) in [5.41, 5.74) is 5.49. The second-order valence-corrected chi connectivity index (χ2v) is 5.18. The lowest BCUT2D eigenvalue weighted by Gasteiger charge is -2.07. The molecule has 0 aromatic heterocycles. The van der Waals surface area contributed by atoms with Crippen molar-refractivity contribution in [3.63, 3.8) is 0 Å². The first-order valence-corrected chi connectivity index (χ1v) is 7.24. The molecule has 23 heavy (non-hydrogen) atoms. The number of hydrazone groups is 1. The molecule has 0 saturated heterocycles. The van der Waals surface area contributed by atoms with E-state index in [1.807, 2.05) is 56.3 Å². The molecule has 0 unspecified atom stereocenters. The van der Waals surface area contributed by atoms with Gasteiger partial charge in [0.2, 0.25) is 0 Å². The Morgan fingerprint density at radius 2 is 1.74 bits per heavy atom. The van der Waals surface area contributed by atoms with Crippen LogP contribution in [0.5, 0.6) is 11.5 Å². The van der Waals surface area contributed by atoms with E-state index in [4.69, 9.17) is 9.47 Å². The summed E-state index contributed by atoms with van der Waals surface area (Å²) in [5.74, 6) is 1.14. The van der Waals surface area contributed by atoms with Crippen LogP contribution in [-0.2, 0) is 4.79 Å². The molecule has 0 aliphatic carbocycles. The Hall–Kier alpha value is -2.82. The SMILES string of the molecule is COc1ccc(/C=N\NC(=O)COc2cc(C)cc(C)c2)cc1. The van der Waals surface area contributed by atoms with Gasteiger partial charge in [-0.1, -0.05) is 6.07 Å². The van der Waals surface area contributed by atoms with E-state index >= 15 is 0 Å². The van der Waals surface area contributed by atoms with Crippen LogP contribution in [-0.4, -0.2) is 25.8 Å². The van der Waals surface area contributed by atoms with Crippen LogP contribution in [0.4, 0.5) is 0 Å². The van der Waals surface area contributed by atoms with E-state index in [9.17, 15) is 4.79 Å². The Morgan fingerprint density at radius 1 is 1.09 bits per heavy atom. The fourth-order valence-corrected chi connectivity index (χ4v) is 2.07. The van der Waals surface area contributed by atoms with Gasteiger partial charge in [0.15, 0.2) is 6.61 Å². The average Bonchev–Trinajstić information content (AvgIpc) is 2.53. The van der Waals surface area contributed by atoms with Gasteiger partial charge in [0.25, 0.3) is 5.91 Å². The number of carbonyl (C=O) groups is 1. The number of benzene rings is 2.